The summed E-state index contributed by atoms with van der Waals surface area (Å²) in [6.45, 7) is 0.458. The molecule has 1 atom stereocenters. The molecule has 1 saturated heterocycles. The third-order valence-corrected chi connectivity index (χ3v) is 7.88. The van der Waals surface area contributed by atoms with Crippen molar-refractivity contribution in [3.05, 3.63) is 102 Å². The van der Waals surface area contributed by atoms with Gasteiger partial charge in [-0.3, -0.25) is 4.79 Å². The molecule has 0 N–H and O–H groups in total. The van der Waals surface area contributed by atoms with Crippen LogP contribution in [-0.4, -0.2) is 36.8 Å². The van der Waals surface area contributed by atoms with E-state index in [0.717, 1.165) is 10.9 Å². The number of carbonyl (C=O) groups is 1. The fourth-order valence-corrected chi connectivity index (χ4v) is 6.12. The van der Waals surface area contributed by atoms with Crippen LogP contribution in [0.15, 0.2) is 89.3 Å². The molecule has 0 radical (unpaired) electrons. The highest BCUT2D eigenvalue weighted by Gasteiger charge is 2.37. The summed E-state index contributed by atoms with van der Waals surface area (Å²) in [5.74, 6) is 0.600. The number of hydrogen-bond acceptors (Lipinski definition) is 5. The van der Waals surface area contributed by atoms with E-state index >= 15 is 0 Å². The van der Waals surface area contributed by atoms with Crippen molar-refractivity contribution in [2.45, 2.75) is 25.6 Å². The number of carbonyl (C=O) groups excluding carboxylic acids is 1. The fraction of sp³-hybridized carbons (Fsp3) is 0.222. The minimum atomic E-state index is -3.18. The number of para-hydroxylation sites is 2. The van der Waals surface area contributed by atoms with Crippen molar-refractivity contribution in [1.29, 1.82) is 0 Å². The molecule has 1 aromatic heterocycles. The molecule has 34 heavy (non-hydrogen) atoms. The van der Waals surface area contributed by atoms with Gasteiger partial charge in [-0.05, 0) is 30.2 Å². The van der Waals surface area contributed by atoms with E-state index in [1.54, 1.807) is 4.90 Å². The summed E-state index contributed by atoms with van der Waals surface area (Å²) in [7, 11) is -3.18. The highest BCUT2D eigenvalue weighted by molar-refractivity contribution is 7.91. The molecule has 1 aliphatic rings. The predicted molar refractivity (Wildman–Crippen MR) is 130 cm³/mol. The molecule has 0 unspecified atom stereocenters. The molecule has 6 nitrogen and oxygen atoms in total. The number of ether oxygens (including phenoxy) is 1. The van der Waals surface area contributed by atoms with E-state index in [1.807, 2.05) is 84.9 Å². The van der Waals surface area contributed by atoms with Crippen molar-refractivity contribution < 1.29 is 22.4 Å². The van der Waals surface area contributed by atoms with Crippen LogP contribution >= 0.6 is 0 Å². The van der Waals surface area contributed by atoms with Gasteiger partial charge in [-0.15, -0.1) is 0 Å². The van der Waals surface area contributed by atoms with Crippen LogP contribution in [-0.2, 0) is 23.0 Å². The number of benzene rings is 3. The smallest absolute Gasteiger partial charge is 0.290 e. The molecular formula is C27H25NO5S. The minimum Gasteiger partial charge on any atom is -0.489 e. The van der Waals surface area contributed by atoms with Crippen LogP contribution in [0.4, 0.5) is 0 Å². The molecule has 0 bridgehead atoms. The standard InChI is InChI=1S/C27H25NO5S/c29-27(28(17-20-9-3-1-4-10-20)21-15-16-34(30,31)19-21)26-24(18-32-22-11-5-2-6-12-22)23-13-7-8-14-25(23)33-26/h1-14,21H,15-19H2/t21-/m0/s1. The van der Waals surface area contributed by atoms with E-state index in [-0.39, 0.29) is 29.8 Å². The van der Waals surface area contributed by atoms with Crippen molar-refractivity contribution in [3.8, 4) is 5.75 Å². The Labute approximate surface area is 198 Å². The Kier molecular flexibility index (Phi) is 6.11. The van der Waals surface area contributed by atoms with Crippen LogP contribution in [0, 0.1) is 0 Å². The van der Waals surface area contributed by atoms with Crippen molar-refractivity contribution >= 4 is 26.7 Å². The molecule has 7 heteroatoms. The maximum atomic E-state index is 13.9. The monoisotopic (exact) mass is 475 g/mol. The molecule has 4 aromatic rings. The van der Waals surface area contributed by atoms with Crippen molar-refractivity contribution in [2.24, 2.45) is 0 Å². The van der Waals surface area contributed by atoms with E-state index in [1.165, 1.54) is 0 Å². The Hall–Kier alpha value is -3.58. The molecule has 0 aliphatic carbocycles. The van der Waals surface area contributed by atoms with Gasteiger partial charge in [-0.2, -0.15) is 0 Å². The summed E-state index contributed by atoms with van der Waals surface area (Å²) in [5.41, 5.74) is 2.18. The Morgan fingerprint density at radius 3 is 2.32 bits per heavy atom. The van der Waals surface area contributed by atoms with E-state index in [0.29, 0.717) is 29.9 Å². The first-order valence-corrected chi connectivity index (χ1v) is 13.1. The number of hydrogen-bond donors (Lipinski definition) is 0. The third-order valence-electron chi connectivity index (χ3n) is 6.12. The van der Waals surface area contributed by atoms with Crippen LogP contribution in [0.25, 0.3) is 11.0 Å². The molecule has 0 saturated carbocycles. The van der Waals surface area contributed by atoms with Gasteiger partial charge in [0.1, 0.15) is 17.9 Å². The number of sulfone groups is 1. The van der Waals surface area contributed by atoms with Gasteiger partial charge in [0, 0.05) is 23.5 Å². The molecule has 174 valence electrons. The lowest BCUT2D eigenvalue weighted by Gasteiger charge is -2.28. The number of nitrogens with zero attached hydrogens (tertiary/aromatic N) is 1. The summed E-state index contributed by atoms with van der Waals surface area (Å²) in [5, 5.41) is 0.806. The zero-order valence-electron chi connectivity index (χ0n) is 18.6. The van der Waals surface area contributed by atoms with Crippen molar-refractivity contribution in [2.75, 3.05) is 11.5 Å². The first kappa shape index (κ1) is 22.2. The topological polar surface area (TPSA) is 76.8 Å². The second-order valence-electron chi connectivity index (χ2n) is 8.48. The van der Waals surface area contributed by atoms with Crippen molar-refractivity contribution in [3.63, 3.8) is 0 Å². The fourth-order valence-electron chi connectivity index (χ4n) is 4.39. The Bertz CT molecular complexity index is 1400. The number of rotatable bonds is 7. The number of furan rings is 1. The second kappa shape index (κ2) is 9.35. The van der Waals surface area contributed by atoms with E-state index in [4.69, 9.17) is 9.15 Å². The lowest BCUT2D eigenvalue weighted by molar-refractivity contribution is 0.0646. The highest BCUT2D eigenvalue weighted by Crippen LogP contribution is 2.30. The first-order valence-electron chi connectivity index (χ1n) is 11.2. The van der Waals surface area contributed by atoms with Gasteiger partial charge < -0.3 is 14.1 Å². The lowest BCUT2D eigenvalue weighted by Crippen LogP contribution is -2.40. The van der Waals surface area contributed by atoms with Gasteiger partial charge in [0.15, 0.2) is 15.6 Å². The molecule has 5 rings (SSSR count). The van der Waals surface area contributed by atoms with Gasteiger partial charge in [0.2, 0.25) is 0 Å². The molecule has 1 aliphatic heterocycles. The maximum Gasteiger partial charge on any atom is 0.290 e. The molecule has 1 amide bonds. The summed E-state index contributed by atoms with van der Waals surface area (Å²) >= 11 is 0. The normalized spacial score (nSPS) is 17.0. The van der Waals surface area contributed by atoms with Gasteiger partial charge in [0.05, 0.1) is 11.5 Å². The average Bonchev–Trinajstić information content (AvgIpc) is 3.41. The van der Waals surface area contributed by atoms with Gasteiger partial charge in [-0.1, -0.05) is 66.7 Å². The quantitative estimate of drug-likeness (QED) is 0.382. The number of amides is 1. The highest BCUT2D eigenvalue weighted by atomic mass is 32.2. The Balaban J connectivity index is 1.52. The van der Waals surface area contributed by atoms with Crippen LogP contribution in [0.1, 0.15) is 28.1 Å². The van der Waals surface area contributed by atoms with Gasteiger partial charge in [0.25, 0.3) is 5.91 Å². The summed E-state index contributed by atoms with van der Waals surface area (Å²) < 4.78 is 36.5. The van der Waals surface area contributed by atoms with Crippen LogP contribution in [0.2, 0.25) is 0 Å². The van der Waals surface area contributed by atoms with E-state index in [2.05, 4.69) is 0 Å². The van der Waals surface area contributed by atoms with E-state index < -0.39 is 15.9 Å². The zero-order valence-corrected chi connectivity index (χ0v) is 19.4. The van der Waals surface area contributed by atoms with Crippen LogP contribution < -0.4 is 4.74 Å². The first-order chi connectivity index (χ1) is 16.5. The van der Waals surface area contributed by atoms with E-state index in [9.17, 15) is 13.2 Å². The van der Waals surface area contributed by atoms with Crippen LogP contribution in [0.3, 0.4) is 0 Å². The lowest BCUT2D eigenvalue weighted by atomic mass is 10.1. The third kappa shape index (κ3) is 4.70. The average molecular weight is 476 g/mol. The van der Waals surface area contributed by atoms with Crippen molar-refractivity contribution in [1.82, 2.24) is 4.90 Å². The summed E-state index contributed by atoms with van der Waals surface area (Å²) in [6, 6.07) is 26.0. The van der Waals surface area contributed by atoms with Crippen LogP contribution in [0.5, 0.6) is 5.75 Å². The van der Waals surface area contributed by atoms with Gasteiger partial charge in [-0.25, -0.2) is 8.42 Å². The van der Waals surface area contributed by atoms with Gasteiger partial charge >= 0.3 is 0 Å². The summed E-state index contributed by atoms with van der Waals surface area (Å²) in [4.78, 5) is 15.6. The molecule has 3 aromatic carbocycles. The zero-order chi connectivity index (χ0) is 23.5. The largest absolute Gasteiger partial charge is 0.489 e. The maximum absolute atomic E-state index is 13.9. The Morgan fingerprint density at radius 2 is 1.62 bits per heavy atom. The minimum absolute atomic E-state index is 0.0400. The molecule has 2 heterocycles. The Morgan fingerprint density at radius 1 is 0.941 bits per heavy atom. The predicted octanol–water partition coefficient (Wildman–Crippen LogP) is 4.84. The summed E-state index contributed by atoms with van der Waals surface area (Å²) in [6.07, 6.45) is 0.414. The second-order valence-corrected chi connectivity index (χ2v) is 10.7. The number of fused-ring (bicyclic) bond motifs is 1. The SMILES string of the molecule is O=C(c1oc2ccccc2c1COc1ccccc1)N(Cc1ccccc1)[C@H]1CCS(=O)(=O)C1. The molecular weight excluding hydrogens is 450 g/mol. The molecule has 1 fully saturated rings. The molecule has 0 spiro atoms.